The average molecular weight is 348 g/mol. The Morgan fingerprint density at radius 3 is 2.61 bits per heavy atom. The second kappa shape index (κ2) is 7.90. The minimum atomic E-state index is -0.893. The molecular formula is C15H20ClF2N3O2. The number of rotatable bonds is 4. The number of ether oxygens (including phenoxy) is 1. The standard InChI is InChI=1S/C15H20ClF2N3O2/c1-10-9-21(4-3-20(10)5-6-23-2)15(22)19-14-12(17)7-11(16)8-13(14)18/h7-8,10H,3-6,9H2,1-2H3,(H,19,22)/t10-/m1/s1. The molecule has 1 aromatic rings. The third kappa shape index (κ3) is 4.53. The molecule has 0 aromatic heterocycles. The molecule has 2 amide bonds. The molecular weight excluding hydrogens is 328 g/mol. The van der Waals surface area contributed by atoms with Crippen LogP contribution < -0.4 is 5.32 Å². The molecule has 0 saturated carbocycles. The first kappa shape index (κ1) is 17.9. The summed E-state index contributed by atoms with van der Waals surface area (Å²) < 4.78 is 32.5. The Bertz CT molecular complexity index is 551. The molecule has 0 radical (unpaired) electrons. The fourth-order valence-corrected chi connectivity index (χ4v) is 2.76. The highest BCUT2D eigenvalue weighted by atomic mass is 35.5. The van der Waals surface area contributed by atoms with E-state index in [0.29, 0.717) is 26.2 Å². The van der Waals surface area contributed by atoms with Crippen LogP contribution in [0.4, 0.5) is 19.3 Å². The second-order valence-corrected chi connectivity index (χ2v) is 5.93. The van der Waals surface area contributed by atoms with Crippen LogP contribution in [0, 0.1) is 11.6 Å². The minimum absolute atomic E-state index is 0.0571. The van der Waals surface area contributed by atoms with E-state index < -0.39 is 23.4 Å². The van der Waals surface area contributed by atoms with Crippen molar-refractivity contribution in [2.45, 2.75) is 13.0 Å². The molecule has 0 bridgehead atoms. The number of piperazine rings is 1. The molecule has 1 fully saturated rings. The molecule has 8 heteroatoms. The lowest BCUT2D eigenvalue weighted by Crippen LogP contribution is -2.55. The molecule has 0 unspecified atom stereocenters. The summed E-state index contributed by atoms with van der Waals surface area (Å²) in [6.45, 7) is 5.05. The summed E-state index contributed by atoms with van der Waals surface area (Å²) in [5.41, 5.74) is -0.478. The minimum Gasteiger partial charge on any atom is -0.383 e. The van der Waals surface area contributed by atoms with Crippen molar-refractivity contribution in [2.24, 2.45) is 0 Å². The highest BCUT2D eigenvalue weighted by molar-refractivity contribution is 6.30. The molecule has 1 atom stereocenters. The number of benzene rings is 1. The van der Waals surface area contributed by atoms with Gasteiger partial charge < -0.3 is 15.0 Å². The monoisotopic (exact) mass is 347 g/mol. The second-order valence-electron chi connectivity index (χ2n) is 5.50. The Morgan fingerprint density at radius 2 is 2.04 bits per heavy atom. The summed E-state index contributed by atoms with van der Waals surface area (Å²) in [7, 11) is 1.64. The Balaban J connectivity index is 1.97. The molecule has 1 N–H and O–H groups in total. The first-order chi connectivity index (χ1) is 10.9. The van der Waals surface area contributed by atoms with E-state index in [1.165, 1.54) is 0 Å². The maximum atomic E-state index is 13.7. The number of nitrogens with one attached hydrogen (secondary N) is 1. The lowest BCUT2D eigenvalue weighted by atomic mass is 10.2. The summed E-state index contributed by atoms with van der Waals surface area (Å²) in [5, 5.41) is 2.23. The molecule has 23 heavy (non-hydrogen) atoms. The fraction of sp³-hybridized carbons (Fsp3) is 0.533. The van der Waals surface area contributed by atoms with Gasteiger partial charge in [0, 0.05) is 44.4 Å². The van der Waals surface area contributed by atoms with E-state index in [0.717, 1.165) is 18.7 Å². The smallest absolute Gasteiger partial charge is 0.322 e. The van der Waals surface area contributed by atoms with Crippen LogP contribution in [0.5, 0.6) is 0 Å². The van der Waals surface area contributed by atoms with Gasteiger partial charge in [0.15, 0.2) is 11.6 Å². The summed E-state index contributed by atoms with van der Waals surface area (Å²) in [6.07, 6.45) is 0. The van der Waals surface area contributed by atoms with Crippen molar-refractivity contribution in [2.75, 3.05) is 45.2 Å². The molecule has 5 nitrogen and oxygen atoms in total. The van der Waals surface area contributed by atoms with Crippen LogP contribution in [0.2, 0.25) is 5.02 Å². The van der Waals surface area contributed by atoms with Crippen LogP contribution in [-0.2, 0) is 4.74 Å². The number of carbonyl (C=O) groups excluding carboxylic acids is 1. The highest BCUT2D eigenvalue weighted by Gasteiger charge is 2.27. The SMILES string of the molecule is COCCN1CCN(C(=O)Nc2c(F)cc(Cl)cc2F)C[C@H]1C. The van der Waals surface area contributed by atoms with Crippen molar-refractivity contribution in [3.8, 4) is 0 Å². The molecule has 1 aromatic carbocycles. The predicted octanol–water partition coefficient (Wildman–Crippen LogP) is 2.80. The summed E-state index contributed by atoms with van der Waals surface area (Å²) in [6, 6.07) is 1.55. The van der Waals surface area contributed by atoms with Crippen LogP contribution in [0.1, 0.15) is 6.92 Å². The number of urea groups is 1. The third-order valence-corrected chi connectivity index (χ3v) is 4.09. The van der Waals surface area contributed by atoms with E-state index in [1.54, 1.807) is 12.0 Å². The van der Waals surface area contributed by atoms with E-state index in [1.807, 2.05) is 6.92 Å². The van der Waals surface area contributed by atoms with Crippen molar-refractivity contribution >= 4 is 23.3 Å². The van der Waals surface area contributed by atoms with Crippen LogP contribution in [0.15, 0.2) is 12.1 Å². The van der Waals surface area contributed by atoms with Gasteiger partial charge in [-0.15, -0.1) is 0 Å². The molecule has 1 aliphatic rings. The van der Waals surface area contributed by atoms with Gasteiger partial charge in [-0.25, -0.2) is 13.6 Å². The van der Waals surface area contributed by atoms with E-state index in [-0.39, 0.29) is 11.1 Å². The number of hydrogen-bond donors (Lipinski definition) is 1. The molecule has 1 saturated heterocycles. The lowest BCUT2D eigenvalue weighted by Gasteiger charge is -2.39. The zero-order valence-electron chi connectivity index (χ0n) is 13.1. The van der Waals surface area contributed by atoms with Crippen LogP contribution in [0.25, 0.3) is 0 Å². The molecule has 1 heterocycles. The summed E-state index contributed by atoms with van der Waals surface area (Å²) in [5.74, 6) is -1.79. The quantitative estimate of drug-likeness (QED) is 0.911. The first-order valence-electron chi connectivity index (χ1n) is 7.36. The van der Waals surface area contributed by atoms with E-state index in [4.69, 9.17) is 16.3 Å². The first-order valence-corrected chi connectivity index (χ1v) is 7.73. The van der Waals surface area contributed by atoms with E-state index >= 15 is 0 Å². The zero-order chi connectivity index (χ0) is 17.0. The van der Waals surface area contributed by atoms with Crippen LogP contribution >= 0.6 is 11.6 Å². The summed E-state index contributed by atoms with van der Waals surface area (Å²) in [4.78, 5) is 16.0. The van der Waals surface area contributed by atoms with E-state index in [9.17, 15) is 13.6 Å². The summed E-state index contributed by atoms with van der Waals surface area (Å²) >= 11 is 5.57. The van der Waals surface area contributed by atoms with Gasteiger partial charge in [0.05, 0.1) is 6.61 Å². The molecule has 128 valence electrons. The highest BCUT2D eigenvalue weighted by Crippen LogP contribution is 2.24. The van der Waals surface area contributed by atoms with Gasteiger partial charge in [0.25, 0.3) is 0 Å². The third-order valence-electron chi connectivity index (χ3n) is 3.87. The van der Waals surface area contributed by atoms with Crippen molar-refractivity contribution in [3.05, 3.63) is 28.8 Å². The normalized spacial score (nSPS) is 19.0. The average Bonchev–Trinajstić information content (AvgIpc) is 2.49. The van der Waals surface area contributed by atoms with Crippen LogP contribution in [-0.4, -0.2) is 61.8 Å². The fourth-order valence-electron chi connectivity index (χ4n) is 2.57. The van der Waals surface area contributed by atoms with Crippen molar-refractivity contribution in [3.63, 3.8) is 0 Å². The number of anilines is 1. The van der Waals surface area contributed by atoms with Gasteiger partial charge in [0.2, 0.25) is 0 Å². The maximum absolute atomic E-state index is 13.7. The Labute approximate surface area is 139 Å². The Morgan fingerprint density at radius 1 is 1.39 bits per heavy atom. The van der Waals surface area contributed by atoms with Gasteiger partial charge >= 0.3 is 6.03 Å². The van der Waals surface area contributed by atoms with Gasteiger partial charge in [0.1, 0.15) is 5.69 Å². The maximum Gasteiger partial charge on any atom is 0.322 e. The molecule has 1 aliphatic heterocycles. The number of methoxy groups -OCH3 is 1. The van der Waals surface area contributed by atoms with Crippen molar-refractivity contribution in [1.82, 2.24) is 9.80 Å². The molecule has 0 aliphatic carbocycles. The van der Waals surface area contributed by atoms with Gasteiger partial charge in [-0.1, -0.05) is 11.6 Å². The van der Waals surface area contributed by atoms with Gasteiger partial charge in [-0.05, 0) is 19.1 Å². The largest absolute Gasteiger partial charge is 0.383 e. The van der Waals surface area contributed by atoms with Crippen molar-refractivity contribution in [1.29, 1.82) is 0 Å². The molecule has 2 rings (SSSR count). The lowest BCUT2D eigenvalue weighted by molar-refractivity contribution is 0.0742. The zero-order valence-corrected chi connectivity index (χ0v) is 13.9. The predicted molar refractivity (Wildman–Crippen MR) is 84.9 cm³/mol. The molecule has 0 spiro atoms. The van der Waals surface area contributed by atoms with Crippen molar-refractivity contribution < 1.29 is 18.3 Å². The van der Waals surface area contributed by atoms with E-state index in [2.05, 4.69) is 10.2 Å². The van der Waals surface area contributed by atoms with Gasteiger partial charge in [-0.2, -0.15) is 0 Å². The van der Waals surface area contributed by atoms with Crippen LogP contribution in [0.3, 0.4) is 0 Å². The number of amides is 2. The number of hydrogen-bond acceptors (Lipinski definition) is 3. The number of halogens is 3. The van der Waals surface area contributed by atoms with Gasteiger partial charge in [-0.3, -0.25) is 4.90 Å². The Hall–Kier alpha value is -1.44. The number of carbonyl (C=O) groups is 1. The topological polar surface area (TPSA) is 44.8 Å². The Kier molecular flexibility index (Phi) is 6.15. The number of nitrogens with zero attached hydrogens (tertiary/aromatic N) is 2.